The predicted molar refractivity (Wildman–Crippen MR) is 75.2 cm³/mol. The van der Waals surface area contributed by atoms with E-state index >= 15 is 0 Å². The Balaban J connectivity index is 4.51. The van der Waals surface area contributed by atoms with Crippen LogP contribution in [0, 0.1) is 0 Å². The topological polar surface area (TPSA) is 172 Å². The summed E-state index contributed by atoms with van der Waals surface area (Å²) < 4.78 is 39.7. The summed E-state index contributed by atoms with van der Waals surface area (Å²) in [5.41, 5.74) is 0. The lowest BCUT2D eigenvalue weighted by Crippen LogP contribution is -2.39. The number of hydrogen-bond donors (Lipinski definition) is 4. The van der Waals surface area contributed by atoms with Crippen molar-refractivity contribution in [2.45, 2.75) is 6.10 Å². The largest absolute Gasteiger partial charge is 0.469 e. The van der Waals surface area contributed by atoms with Gasteiger partial charge in [-0.25, -0.2) is 9.13 Å². The van der Waals surface area contributed by atoms with Crippen molar-refractivity contribution in [1.82, 2.24) is 4.90 Å². The van der Waals surface area contributed by atoms with E-state index in [1.807, 2.05) is 0 Å². The van der Waals surface area contributed by atoms with Crippen molar-refractivity contribution in [3.05, 3.63) is 0 Å². The van der Waals surface area contributed by atoms with Crippen molar-refractivity contribution in [1.29, 1.82) is 0 Å². The number of nitrogens with zero attached hydrogens (tertiary/aromatic N) is 1. The van der Waals surface area contributed by atoms with Crippen LogP contribution in [0.25, 0.3) is 0 Å². The quantitative estimate of drug-likeness (QED) is 0.234. The maximum atomic E-state index is 11.7. The molecule has 1 unspecified atom stereocenters. The van der Waals surface area contributed by atoms with Crippen LogP contribution in [0.1, 0.15) is 0 Å². The molecular weight excluding hydrogens is 360 g/mol. The number of rotatable bonds is 12. The molecule has 0 rings (SSSR count). The fourth-order valence-electron chi connectivity index (χ4n) is 1.31. The highest BCUT2D eigenvalue weighted by molar-refractivity contribution is 7.46. The van der Waals surface area contributed by atoms with E-state index in [2.05, 4.69) is 9.05 Å². The zero-order valence-corrected chi connectivity index (χ0v) is 14.4. The van der Waals surface area contributed by atoms with Crippen LogP contribution >= 0.6 is 15.6 Å². The minimum atomic E-state index is -4.94. The molecule has 138 valence electrons. The molecule has 0 saturated carbocycles. The Labute approximate surface area is 132 Å². The predicted octanol–water partition coefficient (Wildman–Crippen LogP) is -1.30. The molecule has 1 amide bonds. The molecule has 0 heterocycles. The number of methoxy groups -OCH3 is 1. The summed E-state index contributed by atoms with van der Waals surface area (Å²) in [7, 11) is -7.03. The third kappa shape index (κ3) is 13.7. The maximum absolute atomic E-state index is 11.7. The Kier molecular flexibility index (Phi) is 10.3. The van der Waals surface area contributed by atoms with Crippen LogP contribution in [-0.4, -0.2) is 83.6 Å². The molecule has 23 heavy (non-hydrogen) atoms. The highest BCUT2D eigenvalue weighted by Gasteiger charge is 2.27. The van der Waals surface area contributed by atoms with Gasteiger partial charge in [0.2, 0.25) is 5.91 Å². The van der Waals surface area contributed by atoms with Gasteiger partial charge in [-0.05, 0) is 0 Å². The molecule has 0 aromatic rings. The first-order valence-corrected chi connectivity index (χ1v) is 9.25. The first-order chi connectivity index (χ1) is 10.4. The fourth-order valence-corrected chi connectivity index (χ4v) is 2.19. The van der Waals surface area contributed by atoms with E-state index in [1.54, 1.807) is 0 Å². The number of carbonyl (C=O) groups is 1. The number of amides is 1. The SMILES string of the molecule is COCCOCC(=O)N(C)CC(COP(=O)(O)O)OP(=O)(O)O. The number of carbonyl (C=O) groups excluding carboxylic acids is 1. The van der Waals surface area contributed by atoms with Crippen LogP contribution in [-0.2, 0) is 32.4 Å². The molecule has 0 aromatic carbocycles. The Morgan fingerprint density at radius 2 is 1.74 bits per heavy atom. The van der Waals surface area contributed by atoms with E-state index in [4.69, 9.17) is 29.0 Å². The number of phosphoric ester groups is 2. The van der Waals surface area contributed by atoms with Gasteiger partial charge in [-0.2, -0.15) is 0 Å². The van der Waals surface area contributed by atoms with Crippen LogP contribution in [0.5, 0.6) is 0 Å². The third-order valence-corrected chi connectivity index (χ3v) is 3.33. The molecule has 0 aliphatic carbocycles. The highest BCUT2D eigenvalue weighted by atomic mass is 31.2. The Morgan fingerprint density at radius 1 is 1.13 bits per heavy atom. The number of hydrogen-bond acceptors (Lipinski definition) is 7. The lowest BCUT2D eigenvalue weighted by molar-refractivity contribution is -0.136. The van der Waals surface area contributed by atoms with Crippen LogP contribution in [0.4, 0.5) is 0 Å². The molecule has 0 aliphatic heterocycles. The van der Waals surface area contributed by atoms with Crippen molar-refractivity contribution in [3.63, 3.8) is 0 Å². The van der Waals surface area contributed by atoms with Crippen LogP contribution in [0.3, 0.4) is 0 Å². The number of phosphoric acid groups is 2. The molecule has 1 atom stereocenters. The molecule has 14 heteroatoms. The Morgan fingerprint density at radius 3 is 2.22 bits per heavy atom. The zero-order valence-electron chi connectivity index (χ0n) is 12.6. The highest BCUT2D eigenvalue weighted by Crippen LogP contribution is 2.40. The Hall–Kier alpha value is -0.390. The van der Waals surface area contributed by atoms with Gasteiger partial charge in [-0.3, -0.25) is 13.8 Å². The van der Waals surface area contributed by atoms with Gasteiger partial charge in [0.25, 0.3) is 0 Å². The van der Waals surface area contributed by atoms with E-state index in [1.165, 1.54) is 14.2 Å². The summed E-state index contributed by atoms with van der Waals surface area (Å²) in [6.07, 6.45) is -1.45. The first-order valence-electron chi connectivity index (χ1n) is 6.19. The Bertz CT molecular complexity index is 447. The van der Waals surface area contributed by atoms with Crippen molar-refractivity contribution in [3.8, 4) is 0 Å². The van der Waals surface area contributed by atoms with Crippen molar-refractivity contribution in [2.75, 3.05) is 47.1 Å². The number of likely N-dealkylation sites (N-methyl/N-ethyl adjacent to an activating group) is 1. The molecule has 12 nitrogen and oxygen atoms in total. The van der Waals surface area contributed by atoms with E-state index in [0.717, 1.165) is 4.90 Å². The smallest absolute Gasteiger partial charge is 0.382 e. The normalized spacial score (nSPS) is 13.8. The van der Waals surface area contributed by atoms with E-state index in [0.29, 0.717) is 0 Å². The van der Waals surface area contributed by atoms with Gasteiger partial charge in [-0.15, -0.1) is 0 Å². The first kappa shape index (κ1) is 22.6. The minimum absolute atomic E-state index is 0.180. The number of ether oxygens (including phenoxy) is 2. The van der Waals surface area contributed by atoms with Crippen LogP contribution in [0.2, 0.25) is 0 Å². The lowest BCUT2D eigenvalue weighted by atomic mass is 10.3. The monoisotopic (exact) mass is 381 g/mol. The van der Waals surface area contributed by atoms with Gasteiger partial charge < -0.3 is 33.9 Å². The van der Waals surface area contributed by atoms with E-state index in [-0.39, 0.29) is 26.4 Å². The fraction of sp³-hybridized carbons (Fsp3) is 0.889. The summed E-state index contributed by atoms with van der Waals surface area (Å²) >= 11 is 0. The van der Waals surface area contributed by atoms with Crippen LogP contribution in [0.15, 0.2) is 0 Å². The van der Waals surface area contributed by atoms with Gasteiger partial charge in [-0.1, -0.05) is 0 Å². The standard InChI is InChI=1S/C9H21NO11P2/c1-10(9(11)7-19-4-3-18-2)5-8(21-23(15,16)17)6-20-22(12,13)14/h8H,3-7H2,1-2H3,(H2,12,13,14)(H2,15,16,17). The molecule has 0 aromatic heterocycles. The zero-order chi connectivity index (χ0) is 18.1. The average molecular weight is 381 g/mol. The third-order valence-electron chi connectivity index (χ3n) is 2.28. The van der Waals surface area contributed by atoms with Gasteiger partial charge in [0, 0.05) is 20.7 Å². The molecule has 0 bridgehead atoms. The van der Waals surface area contributed by atoms with Crippen molar-refractivity contribution >= 4 is 21.6 Å². The minimum Gasteiger partial charge on any atom is -0.382 e. The summed E-state index contributed by atoms with van der Waals surface area (Å²) in [5.74, 6) is -0.531. The van der Waals surface area contributed by atoms with Crippen molar-refractivity contribution in [2.24, 2.45) is 0 Å². The second-order valence-electron chi connectivity index (χ2n) is 4.32. The molecule has 0 radical (unpaired) electrons. The molecule has 0 fully saturated rings. The molecule has 0 spiro atoms. The van der Waals surface area contributed by atoms with E-state index < -0.39 is 34.3 Å². The van der Waals surface area contributed by atoms with Crippen molar-refractivity contribution < 1.29 is 52.0 Å². The van der Waals surface area contributed by atoms with Crippen LogP contribution < -0.4 is 0 Å². The molecule has 0 aliphatic rings. The lowest BCUT2D eigenvalue weighted by Gasteiger charge is -2.24. The second kappa shape index (κ2) is 10.5. The second-order valence-corrected chi connectivity index (χ2v) is 6.76. The molecule has 4 N–H and O–H groups in total. The summed E-state index contributed by atoms with van der Waals surface area (Å²) in [5, 5.41) is 0. The average Bonchev–Trinajstić information content (AvgIpc) is 2.38. The maximum Gasteiger partial charge on any atom is 0.469 e. The van der Waals surface area contributed by atoms with Gasteiger partial charge in [0.15, 0.2) is 0 Å². The van der Waals surface area contributed by atoms with Gasteiger partial charge in [0.05, 0.1) is 19.8 Å². The van der Waals surface area contributed by atoms with Gasteiger partial charge in [0.1, 0.15) is 12.7 Å². The summed E-state index contributed by atoms with van der Waals surface area (Å²) in [4.78, 5) is 47.5. The molecular formula is C9H21NO11P2. The van der Waals surface area contributed by atoms with E-state index in [9.17, 15) is 13.9 Å². The summed E-state index contributed by atoms with van der Waals surface area (Å²) in [6, 6.07) is 0. The molecule has 0 saturated heterocycles. The van der Waals surface area contributed by atoms with Gasteiger partial charge >= 0.3 is 15.6 Å². The summed E-state index contributed by atoms with van der Waals surface area (Å²) in [6.45, 7) is -1.03.